The first kappa shape index (κ1) is 17.8. The first-order chi connectivity index (χ1) is 11.5. The third kappa shape index (κ3) is 4.73. The number of nitrogens with zero attached hydrogens (tertiary/aromatic N) is 1. The summed E-state index contributed by atoms with van der Waals surface area (Å²) in [5.41, 5.74) is 0.933. The molecule has 0 radical (unpaired) electrons. The number of nitrogens with one attached hydrogen (secondary N) is 1. The van der Waals surface area contributed by atoms with Gasteiger partial charge in [0.1, 0.15) is 5.75 Å². The van der Waals surface area contributed by atoms with Crippen molar-refractivity contribution >= 4 is 29.0 Å². The van der Waals surface area contributed by atoms with Crippen LogP contribution in [0.15, 0.2) is 47.4 Å². The van der Waals surface area contributed by atoms with Crippen molar-refractivity contribution in [1.29, 1.82) is 0 Å². The van der Waals surface area contributed by atoms with Gasteiger partial charge < -0.3 is 10.1 Å². The molecule has 126 valence electrons. The summed E-state index contributed by atoms with van der Waals surface area (Å²) in [7, 11) is 1.61. The van der Waals surface area contributed by atoms with Gasteiger partial charge in [-0.15, -0.1) is 11.8 Å². The number of anilines is 1. The van der Waals surface area contributed by atoms with Crippen LogP contribution in [0.1, 0.15) is 12.0 Å². The summed E-state index contributed by atoms with van der Waals surface area (Å²) in [5.74, 6) is 1.24. The SMILES string of the molecule is COc1ccc(SCCC(=O)Nc2cccc([N+](=O)[O-])c2C)cc1. The van der Waals surface area contributed by atoms with E-state index < -0.39 is 4.92 Å². The molecule has 0 saturated carbocycles. The Morgan fingerprint density at radius 3 is 2.58 bits per heavy atom. The van der Waals surface area contributed by atoms with Crippen molar-refractivity contribution in [2.24, 2.45) is 0 Å². The van der Waals surface area contributed by atoms with Gasteiger partial charge in [0.15, 0.2) is 0 Å². The van der Waals surface area contributed by atoms with Crippen LogP contribution >= 0.6 is 11.8 Å². The van der Waals surface area contributed by atoms with Crippen molar-refractivity contribution in [2.75, 3.05) is 18.2 Å². The standard InChI is InChI=1S/C17H18N2O4S/c1-12-15(4-3-5-16(12)19(21)22)18-17(20)10-11-24-14-8-6-13(23-2)7-9-14/h3-9H,10-11H2,1-2H3,(H,18,20). The molecular formula is C17H18N2O4S. The first-order valence-electron chi connectivity index (χ1n) is 7.32. The van der Waals surface area contributed by atoms with Gasteiger partial charge in [0, 0.05) is 23.1 Å². The Bertz CT molecular complexity index is 732. The van der Waals surface area contributed by atoms with E-state index in [9.17, 15) is 14.9 Å². The lowest BCUT2D eigenvalue weighted by Crippen LogP contribution is -2.13. The molecule has 0 heterocycles. The number of nitro benzene ring substituents is 1. The minimum atomic E-state index is -0.454. The van der Waals surface area contributed by atoms with E-state index in [2.05, 4.69) is 5.32 Å². The van der Waals surface area contributed by atoms with Gasteiger partial charge in [-0.05, 0) is 37.3 Å². The fourth-order valence-electron chi connectivity index (χ4n) is 2.10. The zero-order chi connectivity index (χ0) is 17.5. The predicted octanol–water partition coefficient (Wildman–Crippen LogP) is 4.03. The second-order valence-corrected chi connectivity index (χ2v) is 6.20. The minimum absolute atomic E-state index is 0.000378. The molecule has 0 atom stereocenters. The minimum Gasteiger partial charge on any atom is -0.497 e. The van der Waals surface area contributed by atoms with Gasteiger partial charge in [-0.25, -0.2) is 0 Å². The van der Waals surface area contributed by atoms with Crippen LogP contribution < -0.4 is 10.1 Å². The molecule has 2 rings (SSSR count). The van der Waals surface area contributed by atoms with Crippen molar-refractivity contribution in [3.63, 3.8) is 0 Å². The van der Waals surface area contributed by atoms with Gasteiger partial charge in [-0.3, -0.25) is 14.9 Å². The quantitative estimate of drug-likeness (QED) is 0.465. The number of hydrogen-bond acceptors (Lipinski definition) is 5. The van der Waals surface area contributed by atoms with Crippen LogP contribution in [0.4, 0.5) is 11.4 Å². The number of carbonyl (C=O) groups excluding carboxylic acids is 1. The second-order valence-electron chi connectivity index (χ2n) is 5.03. The normalized spacial score (nSPS) is 10.2. The zero-order valence-electron chi connectivity index (χ0n) is 13.4. The Kier molecular flexibility index (Phi) is 6.20. The summed E-state index contributed by atoms with van der Waals surface area (Å²) in [6, 6.07) is 12.3. The summed E-state index contributed by atoms with van der Waals surface area (Å²) in [6.07, 6.45) is 0.318. The maximum absolute atomic E-state index is 12.0. The molecule has 0 saturated heterocycles. The summed E-state index contributed by atoms with van der Waals surface area (Å²) in [5, 5.41) is 13.6. The number of benzene rings is 2. The lowest BCUT2D eigenvalue weighted by molar-refractivity contribution is -0.385. The smallest absolute Gasteiger partial charge is 0.274 e. The van der Waals surface area contributed by atoms with Crippen LogP contribution in [-0.2, 0) is 4.79 Å². The van der Waals surface area contributed by atoms with Crippen molar-refractivity contribution in [3.8, 4) is 5.75 Å². The highest BCUT2D eigenvalue weighted by Gasteiger charge is 2.14. The average molecular weight is 346 g/mol. The number of amides is 1. The van der Waals surface area contributed by atoms with Crippen LogP contribution in [-0.4, -0.2) is 23.7 Å². The molecule has 0 aliphatic rings. The molecule has 1 amide bonds. The molecule has 0 unspecified atom stereocenters. The Morgan fingerprint density at radius 1 is 1.25 bits per heavy atom. The number of ether oxygens (including phenoxy) is 1. The third-order valence-corrected chi connectivity index (χ3v) is 4.45. The van der Waals surface area contributed by atoms with E-state index in [0.717, 1.165) is 10.6 Å². The number of carbonyl (C=O) groups is 1. The topological polar surface area (TPSA) is 81.5 Å². The fourth-order valence-corrected chi connectivity index (χ4v) is 2.95. The summed E-state index contributed by atoms with van der Waals surface area (Å²) in [6.45, 7) is 1.62. The van der Waals surface area contributed by atoms with E-state index in [4.69, 9.17) is 4.74 Å². The number of nitro groups is 1. The summed E-state index contributed by atoms with van der Waals surface area (Å²) >= 11 is 1.57. The molecule has 7 heteroatoms. The maximum Gasteiger partial charge on any atom is 0.274 e. The van der Waals surface area contributed by atoms with Gasteiger partial charge in [0.25, 0.3) is 5.69 Å². The molecule has 0 aromatic heterocycles. The Hall–Kier alpha value is -2.54. The number of thioether (sulfide) groups is 1. The molecule has 2 aromatic rings. The Labute approximate surface area is 144 Å². The molecule has 6 nitrogen and oxygen atoms in total. The van der Waals surface area contributed by atoms with E-state index in [1.54, 1.807) is 37.9 Å². The fraction of sp³-hybridized carbons (Fsp3) is 0.235. The average Bonchev–Trinajstić information content (AvgIpc) is 2.57. The van der Waals surface area contributed by atoms with E-state index in [1.165, 1.54) is 6.07 Å². The van der Waals surface area contributed by atoms with Gasteiger partial charge in [0.05, 0.1) is 23.3 Å². The molecule has 0 aliphatic heterocycles. The molecule has 0 spiro atoms. The van der Waals surface area contributed by atoms with Gasteiger partial charge in [-0.1, -0.05) is 6.07 Å². The summed E-state index contributed by atoms with van der Waals surface area (Å²) < 4.78 is 5.09. The molecular weight excluding hydrogens is 328 g/mol. The third-order valence-electron chi connectivity index (χ3n) is 3.43. The maximum atomic E-state index is 12.0. The highest BCUT2D eigenvalue weighted by molar-refractivity contribution is 7.99. The largest absolute Gasteiger partial charge is 0.497 e. The molecule has 2 aromatic carbocycles. The first-order valence-corrected chi connectivity index (χ1v) is 8.30. The number of methoxy groups -OCH3 is 1. The van der Waals surface area contributed by atoms with Gasteiger partial charge in [0.2, 0.25) is 5.91 Å². The molecule has 0 aliphatic carbocycles. The predicted molar refractivity (Wildman–Crippen MR) is 94.8 cm³/mol. The van der Waals surface area contributed by atoms with Crippen molar-refractivity contribution in [1.82, 2.24) is 0 Å². The van der Waals surface area contributed by atoms with Crippen LogP contribution in [0.25, 0.3) is 0 Å². The summed E-state index contributed by atoms with van der Waals surface area (Å²) in [4.78, 5) is 23.5. The van der Waals surface area contributed by atoms with E-state index >= 15 is 0 Å². The van der Waals surface area contributed by atoms with Crippen molar-refractivity contribution in [2.45, 2.75) is 18.2 Å². The van der Waals surface area contributed by atoms with Crippen molar-refractivity contribution < 1.29 is 14.5 Å². The zero-order valence-corrected chi connectivity index (χ0v) is 14.3. The van der Waals surface area contributed by atoms with Gasteiger partial charge in [-0.2, -0.15) is 0 Å². The van der Waals surface area contributed by atoms with E-state index in [0.29, 0.717) is 23.4 Å². The van der Waals surface area contributed by atoms with Crippen LogP contribution in [0.2, 0.25) is 0 Å². The highest BCUT2D eigenvalue weighted by atomic mass is 32.2. The van der Waals surface area contributed by atoms with E-state index in [1.807, 2.05) is 24.3 Å². The van der Waals surface area contributed by atoms with E-state index in [-0.39, 0.29) is 11.6 Å². The number of rotatable bonds is 7. The molecule has 1 N–H and O–H groups in total. The lowest BCUT2D eigenvalue weighted by atomic mass is 10.1. The Morgan fingerprint density at radius 2 is 1.96 bits per heavy atom. The Balaban J connectivity index is 1.87. The molecule has 24 heavy (non-hydrogen) atoms. The molecule has 0 fully saturated rings. The lowest BCUT2D eigenvalue weighted by Gasteiger charge is -2.08. The highest BCUT2D eigenvalue weighted by Crippen LogP contribution is 2.26. The molecule has 0 bridgehead atoms. The number of hydrogen-bond donors (Lipinski definition) is 1. The van der Waals surface area contributed by atoms with Crippen LogP contribution in [0, 0.1) is 17.0 Å². The van der Waals surface area contributed by atoms with Gasteiger partial charge >= 0.3 is 0 Å². The monoisotopic (exact) mass is 346 g/mol. The second kappa shape index (κ2) is 8.35. The van der Waals surface area contributed by atoms with Crippen molar-refractivity contribution in [3.05, 3.63) is 58.1 Å². The van der Waals surface area contributed by atoms with Crippen LogP contribution in [0.3, 0.4) is 0 Å². The van der Waals surface area contributed by atoms with Crippen LogP contribution in [0.5, 0.6) is 5.75 Å².